The van der Waals surface area contributed by atoms with Gasteiger partial charge in [0.05, 0.1) is 0 Å². The molecule has 16 heavy (non-hydrogen) atoms. The van der Waals surface area contributed by atoms with Crippen LogP contribution in [0.25, 0.3) is 0 Å². The fourth-order valence-electron chi connectivity index (χ4n) is 3.42. The molecule has 0 radical (unpaired) electrons. The SMILES string of the molecule is CCC1(CNC2CCN(C3CC3)C2)CCC1. The van der Waals surface area contributed by atoms with Crippen LogP contribution in [-0.4, -0.2) is 36.6 Å². The highest BCUT2D eigenvalue weighted by Crippen LogP contribution is 2.43. The maximum Gasteiger partial charge on any atom is 0.0207 e. The van der Waals surface area contributed by atoms with Gasteiger partial charge in [0.25, 0.3) is 0 Å². The summed E-state index contributed by atoms with van der Waals surface area (Å²) in [5.74, 6) is 0. The highest BCUT2D eigenvalue weighted by molar-refractivity contribution is 4.94. The number of nitrogens with one attached hydrogen (secondary N) is 1. The van der Waals surface area contributed by atoms with Crippen LogP contribution in [0.5, 0.6) is 0 Å². The summed E-state index contributed by atoms with van der Waals surface area (Å²) in [5.41, 5.74) is 0.688. The largest absolute Gasteiger partial charge is 0.312 e. The van der Waals surface area contributed by atoms with Crippen molar-refractivity contribution in [1.29, 1.82) is 0 Å². The molecule has 1 atom stereocenters. The van der Waals surface area contributed by atoms with Gasteiger partial charge in [-0.1, -0.05) is 13.3 Å². The minimum absolute atomic E-state index is 0.688. The van der Waals surface area contributed by atoms with Crippen molar-refractivity contribution in [1.82, 2.24) is 10.2 Å². The monoisotopic (exact) mass is 222 g/mol. The number of rotatable bonds is 5. The quantitative estimate of drug-likeness (QED) is 0.768. The third-order valence-corrected chi connectivity index (χ3v) is 5.21. The number of hydrogen-bond donors (Lipinski definition) is 1. The summed E-state index contributed by atoms with van der Waals surface area (Å²) >= 11 is 0. The Labute approximate surface area is 99.8 Å². The molecule has 2 heteroatoms. The lowest BCUT2D eigenvalue weighted by molar-refractivity contribution is 0.119. The normalized spacial score (nSPS) is 33.9. The molecule has 0 aromatic rings. The van der Waals surface area contributed by atoms with E-state index >= 15 is 0 Å². The third kappa shape index (κ3) is 2.14. The van der Waals surface area contributed by atoms with E-state index in [2.05, 4.69) is 17.1 Å². The van der Waals surface area contributed by atoms with Crippen molar-refractivity contribution >= 4 is 0 Å². The third-order valence-electron chi connectivity index (χ3n) is 5.21. The van der Waals surface area contributed by atoms with E-state index in [1.165, 1.54) is 64.6 Å². The smallest absolute Gasteiger partial charge is 0.0207 e. The highest BCUT2D eigenvalue weighted by atomic mass is 15.2. The molecule has 3 fully saturated rings. The molecular formula is C14H26N2. The van der Waals surface area contributed by atoms with Gasteiger partial charge in [-0.15, -0.1) is 0 Å². The summed E-state index contributed by atoms with van der Waals surface area (Å²) in [5, 5.41) is 3.85. The fraction of sp³-hybridized carbons (Fsp3) is 1.00. The summed E-state index contributed by atoms with van der Waals surface area (Å²) in [6.45, 7) is 6.32. The number of nitrogens with zero attached hydrogens (tertiary/aromatic N) is 1. The van der Waals surface area contributed by atoms with E-state index in [1.807, 2.05) is 0 Å². The Morgan fingerprint density at radius 1 is 1.25 bits per heavy atom. The van der Waals surface area contributed by atoms with Gasteiger partial charge in [-0.05, 0) is 43.9 Å². The number of hydrogen-bond acceptors (Lipinski definition) is 2. The van der Waals surface area contributed by atoms with Crippen LogP contribution in [0.15, 0.2) is 0 Å². The summed E-state index contributed by atoms with van der Waals surface area (Å²) in [6.07, 6.45) is 10.1. The maximum absolute atomic E-state index is 3.85. The Morgan fingerprint density at radius 2 is 2.06 bits per heavy atom. The van der Waals surface area contributed by atoms with Crippen LogP contribution >= 0.6 is 0 Å². The van der Waals surface area contributed by atoms with Crippen LogP contribution < -0.4 is 5.32 Å². The van der Waals surface area contributed by atoms with Gasteiger partial charge in [0.1, 0.15) is 0 Å². The van der Waals surface area contributed by atoms with E-state index in [-0.39, 0.29) is 0 Å². The van der Waals surface area contributed by atoms with E-state index in [1.54, 1.807) is 0 Å². The van der Waals surface area contributed by atoms with Crippen LogP contribution in [0.1, 0.15) is 51.9 Å². The second-order valence-electron chi connectivity index (χ2n) is 6.30. The van der Waals surface area contributed by atoms with E-state index in [9.17, 15) is 0 Å². The molecule has 1 unspecified atom stereocenters. The lowest BCUT2D eigenvalue weighted by Crippen LogP contribution is -2.44. The summed E-state index contributed by atoms with van der Waals surface area (Å²) in [7, 11) is 0. The van der Waals surface area contributed by atoms with Crippen molar-refractivity contribution in [3.8, 4) is 0 Å². The van der Waals surface area contributed by atoms with Gasteiger partial charge in [-0.3, -0.25) is 4.90 Å². The van der Waals surface area contributed by atoms with Crippen LogP contribution in [0.4, 0.5) is 0 Å². The lowest BCUT2D eigenvalue weighted by Gasteiger charge is -2.42. The summed E-state index contributed by atoms with van der Waals surface area (Å²) in [4.78, 5) is 2.71. The minimum atomic E-state index is 0.688. The fourth-order valence-corrected chi connectivity index (χ4v) is 3.42. The van der Waals surface area contributed by atoms with Crippen LogP contribution in [0.3, 0.4) is 0 Å². The van der Waals surface area contributed by atoms with Crippen molar-refractivity contribution in [3.63, 3.8) is 0 Å². The highest BCUT2D eigenvalue weighted by Gasteiger charge is 2.37. The molecule has 2 nitrogen and oxygen atoms in total. The first-order chi connectivity index (χ1) is 7.81. The van der Waals surface area contributed by atoms with E-state index in [0.717, 1.165) is 12.1 Å². The zero-order chi connectivity index (χ0) is 11.0. The molecule has 0 spiro atoms. The molecule has 1 heterocycles. The molecule has 2 aliphatic carbocycles. The van der Waals surface area contributed by atoms with Crippen LogP contribution in [-0.2, 0) is 0 Å². The van der Waals surface area contributed by atoms with Crippen molar-refractivity contribution in [2.75, 3.05) is 19.6 Å². The molecule has 92 valence electrons. The molecule has 1 aliphatic heterocycles. The molecule has 0 aromatic carbocycles. The minimum Gasteiger partial charge on any atom is -0.312 e. The van der Waals surface area contributed by atoms with Gasteiger partial charge in [0, 0.05) is 31.7 Å². The van der Waals surface area contributed by atoms with E-state index in [4.69, 9.17) is 0 Å². The number of likely N-dealkylation sites (tertiary alicyclic amines) is 1. The Bertz CT molecular complexity index is 238. The van der Waals surface area contributed by atoms with E-state index in [0.29, 0.717) is 5.41 Å². The van der Waals surface area contributed by atoms with Crippen LogP contribution in [0.2, 0.25) is 0 Å². The first kappa shape index (κ1) is 11.0. The van der Waals surface area contributed by atoms with Crippen molar-refractivity contribution in [2.24, 2.45) is 5.41 Å². The molecule has 1 N–H and O–H groups in total. The Hall–Kier alpha value is -0.0800. The first-order valence-corrected chi connectivity index (χ1v) is 7.29. The topological polar surface area (TPSA) is 15.3 Å². The van der Waals surface area contributed by atoms with Gasteiger partial charge in [0.2, 0.25) is 0 Å². The average molecular weight is 222 g/mol. The van der Waals surface area contributed by atoms with Gasteiger partial charge < -0.3 is 5.32 Å². The molecule has 0 aromatic heterocycles. The summed E-state index contributed by atoms with van der Waals surface area (Å²) in [6, 6.07) is 1.76. The zero-order valence-electron chi connectivity index (χ0n) is 10.7. The van der Waals surface area contributed by atoms with Gasteiger partial charge in [0.15, 0.2) is 0 Å². The molecule has 1 saturated heterocycles. The molecule has 0 amide bonds. The van der Waals surface area contributed by atoms with Gasteiger partial charge in [-0.25, -0.2) is 0 Å². The van der Waals surface area contributed by atoms with Crippen molar-refractivity contribution in [2.45, 2.75) is 64.0 Å². The molecule has 3 rings (SSSR count). The van der Waals surface area contributed by atoms with Crippen LogP contribution in [0, 0.1) is 5.41 Å². The molecular weight excluding hydrogens is 196 g/mol. The lowest BCUT2D eigenvalue weighted by atomic mass is 9.67. The zero-order valence-corrected chi connectivity index (χ0v) is 10.7. The molecule has 0 bridgehead atoms. The second-order valence-corrected chi connectivity index (χ2v) is 6.30. The maximum atomic E-state index is 3.85. The first-order valence-electron chi connectivity index (χ1n) is 7.29. The molecule has 3 aliphatic rings. The second kappa shape index (κ2) is 4.30. The van der Waals surface area contributed by atoms with Gasteiger partial charge >= 0.3 is 0 Å². The van der Waals surface area contributed by atoms with Crippen molar-refractivity contribution < 1.29 is 0 Å². The Morgan fingerprint density at radius 3 is 2.62 bits per heavy atom. The van der Waals surface area contributed by atoms with Crippen molar-refractivity contribution in [3.05, 3.63) is 0 Å². The Balaban J connectivity index is 1.42. The van der Waals surface area contributed by atoms with E-state index < -0.39 is 0 Å². The predicted octanol–water partition coefficient (Wildman–Crippen LogP) is 2.39. The standard InChI is InChI=1S/C14H26N2/c1-2-14(7-3-8-14)11-15-12-6-9-16(10-12)13-4-5-13/h12-13,15H,2-11H2,1H3. The predicted molar refractivity (Wildman–Crippen MR) is 67.6 cm³/mol. The summed E-state index contributed by atoms with van der Waals surface area (Å²) < 4.78 is 0. The average Bonchev–Trinajstić information content (AvgIpc) is 2.98. The van der Waals surface area contributed by atoms with Gasteiger partial charge in [-0.2, -0.15) is 0 Å². The molecule has 2 saturated carbocycles. The Kier molecular flexibility index (Phi) is 2.97.